The first kappa shape index (κ1) is 19.1. The summed E-state index contributed by atoms with van der Waals surface area (Å²) in [7, 11) is 1.75. The predicted octanol–water partition coefficient (Wildman–Crippen LogP) is 2.28. The van der Waals surface area contributed by atoms with Crippen molar-refractivity contribution in [3.63, 3.8) is 0 Å². The monoisotopic (exact) mass is 323 g/mol. The molecule has 1 fully saturated rings. The zero-order chi connectivity index (χ0) is 13.0. The predicted molar refractivity (Wildman–Crippen MR) is 81.3 cm³/mol. The summed E-state index contributed by atoms with van der Waals surface area (Å²) in [6.45, 7) is 1.89. The summed E-state index contributed by atoms with van der Waals surface area (Å²) in [5.74, 6) is -0.817. The summed E-state index contributed by atoms with van der Waals surface area (Å²) in [6.07, 6.45) is 5.44. The number of rotatable bonds is 2. The Morgan fingerprint density at radius 2 is 2.15 bits per heavy atom. The first-order chi connectivity index (χ1) is 8.70. The van der Waals surface area contributed by atoms with E-state index in [2.05, 4.69) is 10.3 Å². The summed E-state index contributed by atoms with van der Waals surface area (Å²) >= 11 is 0. The SMILES string of the molecule is CN(C(=O)c1ccncc1F)C1CCCNCC1.Cl.Cl. The van der Waals surface area contributed by atoms with E-state index in [1.54, 1.807) is 11.9 Å². The molecule has 1 unspecified atom stereocenters. The van der Waals surface area contributed by atoms with Gasteiger partial charge < -0.3 is 10.2 Å². The van der Waals surface area contributed by atoms with E-state index in [1.165, 1.54) is 12.3 Å². The van der Waals surface area contributed by atoms with Gasteiger partial charge in [0.1, 0.15) is 0 Å². The van der Waals surface area contributed by atoms with E-state index < -0.39 is 5.82 Å². The molecule has 0 spiro atoms. The van der Waals surface area contributed by atoms with Gasteiger partial charge in [0.25, 0.3) is 5.91 Å². The Balaban J connectivity index is 0.00000180. The van der Waals surface area contributed by atoms with E-state index in [4.69, 9.17) is 0 Å². The van der Waals surface area contributed by atoms with E-state index >= 15 is 0 Å². The molecule has 2 rings (SSSR count). The van der Waals surface area contributed by atoms with Crippen molar-refractivity contribution in [2.45, 2.75) is 25.3 Å². The van der Waals surface area contributed by atoms with Crippen LogP contribution in [0.15, 0.2) is 18.5 Å². The molecule has 1 aliphatic heterocycles. The van der Waals surface area contributed by atoms with Gasteiger partial charge in [-0.15, -0.1) is 24.8 Å². The Morgan fingerprint density at radius 3 is 2.85 bits per heavy atom. The smallest absolute Gasteiger partial charge is 0.256 e. The van der Waals surface area contributed by atoms with Crippen LogP contribution in [0.3, 0.4) is 0 Å². The van der Waals surface area contributed by atoms with Gasteiger partial charge in [-0.2, -0.15) is 0 Å². The fourth-order valence-corrected chi connectivity index (χ4v) is 2.29. The maximum Gasteiger partial charge on any atom is 0.256 e. The van der Waals surface area contributed by atoms with E-state index in [1.807, 2.05) is 0 Å². The zero-order valence-electron chi connectivity index (χ0n) is 11.3. The molecule has 0 saturated carbocycles. The molecule has 1 aromatic heterocycles. The van der Waals surface area contributed by atoms with Gasteiger partial charge >= 0.3 is 0 Å². The number of pyridine rings is 1. The quantitative estimate of drug-likeness (QED) is 0.908. The number of amides is 1. The van der Waals surface area contributed by atoms with Gasteiger partial charge in [0.2, 0.25) is 0 Å². The number of nitrogens with zero attached hydrogens (tertiary/aromatic N) is 2. The van der Waals surface area contributed by atoms with Gasteiger partial charge in [-0.1, -0.05) is 0 Å². The molecule has 1 amide bonds. The van der Waals surface area contributed by atoms with E-state index in [0.717, 1.165) is 38.5 Å². The molecular weight excluding hydrogens is 304 g/mol. The maximum atomic E-state index is 13.5. The molecule has 0 aliphatic carbocycles. The lowest BCUT2D eigenvalue weighted by Gasteiger charge is -2.27. The third-order valence-corrected chi connectivity index (χ3v) is 3.42. The Bertz CT molecular complexity index is 426. The summed E-state index contributed by atoms with van der Waals surface area (Å²) in [4.78, 5) is 17.5. The molecule has 2 heterocycles. The largest absolute Gasteiger partial charge is 0.339 e. The van der Waals surface area contributed by atoms with Crippen molar-refractivity contribution in [1.29, 1.82) is 0 Å². The third kappa shape index (κ3) is 4.58. The second-order valence-corrected chi connectivity index (χ2v) is 4.61. The molecular formula is C13H20Cl2FN3O. The summed E-state index contributed by atoms with van der Waals surface area (Å²) < 4.78 is 13.5. The summed E-state index contributed by atoms with van der Waals surface area (Å²) in [5, 5.41) is 3.30. The van der Waals surface area contributed by atoms with Crippen LogP contribution in [-0.4, -0.2) is 42.0 Å². The van der Waals surface area contributed by atoms with Crippen molar-refractivity contribution in [2.75, 3.05) is 20.1 Å². The second-order valence-electron chi connectivity index (χ2n) is 4.61. The number of carbonyl (C=O) groups excluding carboxylic acids is 1. The standard InChI is InChI=1S/C13H18FN3O.2ClH/c1-17(10-3-2-6-15-7-4-10)13(18)11-5-8-16-9-12(11)14;;/h5,8-10,15H,2-4,6-7H2,1H3;2*1H. The lowest BCUT2D eigenvalue weighted by Crippen LogP contribution is -2.38. The summed E-state index contributed by atoms with van der Waals surface area (Å²) in [5.41, 5.74) is 0.102. The molecule has 7 heteroatoms. The van der Waals surface area contributed by atoms with E-state index in [9.17, 15) is 9.18 Å². The van der Waals surface area contributed by atoms with Crippen molar-refractivity contribution in [3.8, 4) is 0 Å². The topological polar surface area (TPSA) is 45.2 Å². The lowest BCUT2D eigenvalue weighted by molar-refractivity contribution is 0.0715. The number of halogens is 3. The van der Waals surface area contributed by atoms with Gasteiger partial charge in [-0.05, 0) is 38.4 Å². The van der Waals surface area contributed by atoms with Gasteiger partial charge in [-0.3, -0.25) is 9.78 Å². The molecule has 0 radical (unpaired) electrons. The molecule has 0 bridgehead atoms. The number of hydrogen-bond donors (Lipinski definition) is 1. The van der Waals surface area contributed by atoms with Crippen LogP contribution < -0.4 is 5.32 Å². The van der Waals surface area contributed by atoms with Crippen LogP contribution >= 0.6 is 24.8 Å². The average Bonchev–Trinajstić information content (AvgIpc) is 2.66. The fraction of sp³-hybridized carbons (Fsp3) is 0.538. The molecule has 0 aromatic carbocycles. The van der Waals surface area contributed by atoms with Crippen LogP contribution in [0.2, 0.25) is 0 Å². The minimum absolute atomic E-state index is 0. The molecule has 4 nitrogen and oxygen atoms in total. The van der Waals surface area contributed by atoms with Crippen LogP contribution in [0, 0.1) is 5.82 Å². The van der Waals surface area contributed by atoms with Crippen LogP contribution in [0.1, 0.15) is 29.6 Å². The van der Waals surface area contributed by atoms with Crippen LogP contribution in [0.4, 0.5) is 4.39 Å². The molecule has 1 atom stereocenters. The first-order valence-electron chi connectivity index (χ1n) is 6.27. The maximum absolute atomic E-state index is 13.5. The number of carbonyl (C=O) groups is 1. The van der Waals surface area contributed by atoms with Crippen molar-refractivity contribution in [2.24, 2.45) is 0 Å². The number of nitrogens with one attached hydrogen (secondary N) is 1. The minimum Gasteiger partial charge on any atom is -0.339 e. The first-order valence-corrected chi connectivity index (χ1v) is 6.27. The van der Waals surface area contributed by atoms with Crippen LogP contribution in [0.25, 0.3) is 0 Å². The van der Waals surface area contributed by atoms with Gasteiger partial charge in [0.05, 0.1) is 11.8 Å². The van der Waals surface area contributed by atoms with Crippen molar-refractivity contribution in [3.05, 3.63) is 29.8 Å². The molecule has 114 valence electrons. The Hall–Kier alpha value is -0.910. The Kier molecular flexibility index (Phi) is 8.69. The van der Waals surface area contributed by atoms with E-state index in [0.29, 0.717) is 0 Å². The van der Waals surface area contributed by atoms with Gasteiger partial charge in [-0.25, -0.2) is 4.39 Å². The van der Waals surface area contributed by atoms with Gasteiger partial charge in [0.15, 0.2) is 5.82 Å². The molecule has 1 saturated heterocycles. The highest BCUT2D eigenvalue weighted by Crippen LogP contribution is 2.16. The fourth-order valence-electron chi connectivity index (χ4n) is 2.29. The van der Waals surface area contributed by atoms with Crippen LogP contribution in [-0.2, 0) is 0 Å². The Labute approximate surface area is 131 Å². The number of aromatic nitrogens is 1. The molecule has 20 heavy (non-hydrogen) atoms. The Morgan fingerprint density at radius 1 is 1.40 bits per heavy atom. The van der Waals surface area contributed by atoms with Gasteiger partial charge in [0, 0.05) is 19.3 Å². The highest BCUT2D eigenvalue weighted by Gasteiger charge is 2.23. The number of hydrogen-bond acceptors (Lipinski definition) is 3. The lowest BCUT2D eigenvalue weighted by atomic mass is 10.1. The molecule has 1 aromatic rings. The average molecular weight is 324 g/mol. The van der Waals surface area contributed by atoms with Crippen molar-refractivity contribution >= 4 is 30.7 Å². The summed E-state index contributed by atoms with van der Waals surface area (Å²) in [6, 6.07) is 1.61. The van der Waals surface area contributed by atoms with Crippen LogP contribution in [0.5, 0.6) is 0 Å². The molecule has 1 N–H and O–H groups in total. The van der Waals surface area contributed by atoms with Crippen molar-refractivity contribution in [1.82, 2.24) is 15.2 Å². The highest BCUT2D eigenvalue weighted by atomic mass is 35.5. The minimum atomic E-state index is -0.555. The van der Waals surface area contributed by atoms with Crippen molar-refractivity contribution < 1.29 is 9.18 Å². The third-order valence-electron chi connectivity index (χ3n) is 3.42. The second kappa shape index (κ2) is 9.10. The van der Waals surface area contributed by atoms with E-state index in [-0.39, 0.29) is 42.3 Å². The zero-order valence-corrected chi connectivity index (χ0v) is 13.0. The normalized spacial score (nSPS) is 18.2. The highest BCUT2D eigenvalue weighted by molar-refractivity contribution is 5.94. The molecule has 1 aliphatic rings.